The first-order chi connectivity index (χ1) is 13.7. The summed E-state index contributed by atoms with van der Waals surface area (Å²) in [5, 5.41) is 4.18. The molecule has 2 heterocycles. The smallest absolute Gasteiger partial charge is 0.677 e. The van der Waals surface area contributed by atoms with E-state index in [1.807, 2.05) is 44.3 Å². The van der Waals surface area contributed by atoms with Gasteiger partial charge in [-0.3, -0.25) is 9.78 Å². The van der Waals surface area contributed by atoms with E-state index in [0.29, 0.717) is 26.1 Å². The van der Waals surface area contributed by atoms with Crippen LogP contribution in [-0.2, 0) is 38.7 Å². The number of hydrogen-bond donors (Lipinski definition) is 2. The summed E-state index contributed by atoms with van der Waals surface area (Å²) >= 11 is 0. The Morgan fingerprint density at radius 1 is 1.07 bits per heavy atom. The van der Waals surface area contributed by atoms with Crippen molar-refractivity contribution in [3.63, 3.8) is 0 Å². The molecule has 0 saturated heterocycles. The zero-order valence-electron chi connectivity index (χ0n) is 17.1. The summed E-state index contributed by atoms with van der Waals surface area (Å²) in [5.41, 5.74) is 16.3. The summed E-state index contributed by atoms with van der Waals surface area (Å²) < 4.78 is 0. The molecule has 160 valence electrons. The Bertz CT molecular complexity index is 790. The molecule has 0 aliphatic carbocycles. The molecule has 0 spiro atoms. The van der Waals surface area contributed by atoms with Crippen LogP contribution in [0.4, 0.5) is 0 Å². The predicted molar refractivity (Wildman–Crippen MR) is 117 cm³/mol. The van der Waals surface area contributed by atoms with Gasteiger partial charge in [0.2, 0.25) is 5.91 Å². The van der Waals surface area contributed by atoms with Crippen LogP contribution in [0.2, 0.25) is 0 Å². The van der Waals surface area contributed by atoms with Crippen LogP contribution in [0.3, 0.4) is 0 Å². The minimum absolute atomic E-state index is 0. The molecule has 2 aromatic heterocycles. The molecule has 0 radical (unpaired) electrons. The predicted octanol–water partition coefficient (Wildman–Crippen LogP) is 4.97. The summed E-state index contributed by atoms with van der Waals surface area (Å²) in [6, 6.07) is 11.9. The Hall–Kier alpha value is -2.01. The zero-order valence-corrected chi connectivity index (χ0v) is 19.4. The van der Waals surface area contributed by atoms with Crippen molar-refractivity contribution < 1.29 is 25.9 Å². The first-order valence-corrected chi connectivity index (χ1v) is 9.74. The summed E-state index contributed by atoms with van der Waals surface area (Å²) in [6.07, 6.45) is 7.37. The molecule has 7 heteroatoms. The van der Waals surface area contributed by atoms with Gasteiger partial charge < -0.3 is 21.8 Å². The minimum atomic E-state index is 0. The number of aromatic nitrogens is 2. The van der Waals surface area contributed by atoms with Crippen LogP contribution < -0.4 is 5.32 Å². The van der Waals surface area contributed by atoms with Crippen LogP contribution in [-0.4, -0.2) is 35.5 Å². The summed E-state index contributed by atoms with van der Waals surface area (Å²) in [5.74, 6) is 0.0426. The maximum absolute atomic E-state index is 11.9. The number of aromatic amines is 1. The quantitative estimate of drug-likeness (QED) is 0.415. The number of H-pyrrole nitrogens is 1. The Balaban J connectivity index is 0.000000862. The number of amides is 1. The molecule has 0 fully saturated rings. The van der Waals surface area contributed by atoms with Crippen molar-refractivity contribution in [2.24, 2.45) is 0 Å². The van der Waals surface area contributed by atoms with E-state index >= 15 is 0 Å². The average Bonchev–Trinajstić information content (AvgIpc) is 3.15. The van der Waals surface area contributed by atoms with E-state index in [0.717, 1.165) is 23.9 Å². The molecular formula is C22H31N5OPt. The van der Waals surface area contributed by atoms with Crippen LogP contribution in [0, 0.1) is 0 Å². The third-order valence-corrected chi connectivity index (χ3v) is 3.86. The molecular weight excluding hydrogens is 545 g/mol. The van der Waals surface area contributed by atoms with E-state index in [1.165, 1.54) is 10.9 Å². The zero-order chi connectivity index (χ0) is 20.6. The topological polar surface area (TPSA) is 105 Å². The molecule has 0 aliphatic rings. The second kappa shape index (κ2) is 16.9. The van der Waals surface area contributed by atoms with E-state index in [1.54, 1.807) is 12.4 Å². The maximum atomic E-state index is 11.9. The fourth-order valence-corrected chi connectivity index (χ4v) is 2.51. The second-order valence-electron chi connectivity index (χ2n) is 5.85. The molecule has 3 rings (SSSR count). The van der Waals surface area contributed by atoms with Gasteiger partial charge in [0.05, 0.1) is 6.42 Å². The van der Waals surface area contributed by atoms with Gasteiger partial charge >= 0.3 is 21.1 Å². The fourth-order valence-electron chi connectivity index (χ4n) is 2.51. The largest absolute Gasteiger partial charge is 2.00 e. The van der Waals surface area contributed by atoms with Crippen LogP contribution in [0.1, 0.15) is 31.4 Å². The molecule has 6 nitrogen and oxygen atoms in total. The van der Waals surface area contributed by atoms with Gasteiger partial charge in [-0.05, 0) is 35.7 Å². The van der Waals surface area contributed by atoms with Crippen molar-refractivity contribution in [2.75, 3.05) is 19.6 Å². The third-order valence-electron chi connectivity index (χ3n) is 3.86. The minimum Gasteiger partial charge on any atom is -0.677 e. The molecule has 0 bridgehead atoms. The molecule has 3 aromatic rings. The van der Waals surface area contributed by atoms with Crippen LogP contribution in [0.5, 0.6) is 0 Å². The number of hydrogen-bond acceptors (Lipinski definition) is 2. The van der Waals surface area contributed by atoms with Gasteiger partial charge in [0.25, 0.3) is 0 Å². The maximum Gasteiger partial charge on any atom is 2.00 e. The summed E-state index contributed by atoms with van der Waals surface area (Å²) in [7, 11) is 0. The van der Waals surface area contributed by atoms with Gasteiger partial charge in [0.1, 0.15) is 0 Å². The van der Waals surface area contributed by atoms with Gasteiger partial charge in [-0.15, -0.1) is 0 Å². The van der Waals surface area contributed by atoms with Crippen LogP contribution in [0.15, 0.2) is 55.0 Å². The van der Waals surface area contributed by atoms with Gasteiger partial charge in [-0.2, -0.15) is 13.1 Å². The average molecular weight is 577 g/mol. The molecule has 1 amide bonds. The Morgan fingerprint density at radius 3 is 2.34 bits per heavy atom. The number of rotatable bonds is 7. The number of para-hydroxylation sites is 1. The van der Waals surface area contributed by atoms with Crippen LogP contribution in [0.25, 0.3) is 22.4 Å². The van der Waals surface area contributed by atoms with Crippen molar-refractivity contribution in [1.29, 1.82) is 0 Å². The number of nitrogens with zero attached hydrogens (tertiary/aromatic N) is 1. The normalized spacial score (nSPS) is 9.38. The Labute approximate surface area is 188 Å². The second-order valence-corrected chi connectivity index (χ2v) is 5.85. The summed E-state index contributed by atoms with van der Waals surface area (Å²) in [6.45, 7) is 5.46. The molecule has 0 atom stereocenters. The number of benzene rings is 1. The van der Waals surface area contributed by atoms with Crippen molar-refractivity contribution in [3.8, 4) is 0 Å². The van der Waals surface area contributed by atoms with Gasteiger partial charge in [0.15, 0.2) is 0 Å². The Kier molecular flexibility index (Phi) is 15.7. The third kappa shape index (κ3) is 10.4. The number of fused-ring (bicyclic) bond motifs is 1. The van der Waals surface area contributed by atoms with E-state index in [-0.39, 0.29) is 27.0 Å². The number of carbonyl (C=O) groups excluding carboxylic acids is 1. The van der Waals surface area contributed by atoms with E-state index < -0.39 is 0 Å². The summed E-state index contributed by atoms with van der Waals surface area (Å²) in [4.78, 5) is 19.1. The van der Waals surface area contributed by atoms with Crippen LogP contribution >= 0.6 is 0 Å². The number of nitrogens with one attached hydrogen (secondary N) is 4. The van der Waals surface area contributed by atoms with Gasteiger partial charge in [-0.25, -0.2) is 0 Å². The molecule has 29 heavy (non-hydrogen) atoms. The first-order valence-electron chi connectivity index (χ1n) is 9.74. The first kappa shape index (κ1) is 27.0. The van der Waals surface area contributed by atoms with Gasteiger partial charge in [-0.1, -0.05) is 38.5 Å². The monoisotopic (exact) mass is 576 g/mol. The van der Waals surface area contributed by atoms with E-state index in [4.69, 9.17) is 11.5 Å². The van der Waals surface area contributed by atoms with Gasteiger partial charge in [0, 0.05) is 36.0 Å². The molecule has 4 N–H and O–H groups in total. The standard InChI is InChI=1S/C17H17N3O.C3H8N2.C2H6.Pt/c21-17(11-13-5-8-18-9-6-13)19-10-7-14-12-20-16-4-2-1-3-15(14)16;4-2-1-3-5;1-2;/h1-6,8-9,12,20H,7,10-11H2,(H,19,21);4-5H,1-3H2;1-2H3;/q;-2;;+2. The fraction of sp³-hybridized carbons (Fsp3) is 0.364. The molecule has 0 saturated carbocycles. The van der Waals surface area contributed by atoms with Crippen molar-refractivity contribution in [3.05, 3.63) is 77.6 Å². The van der Waals surface area contributed by atoms with Crippen molar-refractivity contribution in [2.45, 2.75) is 33.1 Å². The number of carbonyl (C=O) groups is 1. The molecule has 0 aliphatic heterocycles. The SMILES string of the molecule is CC.O=C(Cc1ccncc1)NCCc1c[nH]c2ccccc12.[NH-]CCC[NH-].[Pt+2]. The Morgan fingerprint density at radius 2 is 1.72 bits per heavy atom. The molecule has 0 unspecified atom stereocenters. The van der Waals surface area contributed by atoms with E-state index in [2.05, 4.69) is 27.4 Å². The van der Waals surface area contributed by atoms with E-state index in [9.17, 15) is 4.79 Å². The molecule has 1 aromatic carbocycles. The van der Waals surface area contributed by atoms with Crippen molar-refractivity contribution >= 4 is 16.8 Å². The number of pyridine rings is 1. The van der Waals surface area contributed by atoms with Crippen molar-refractivity contribution in [1.82, 2.24) is 15.3 Å².